The number of carbonyl (C=O) groups is 2. The monoisotopic (exact) mass is 313 g/mol. The number of carboxylic acid groups (broad SMARTS) is 1. The number of benzene rings is 1. The molecule has 0 bridgehead atoms. The summed E-state index contributed by atoms with van der Waals surface area (Å²) in [4.78, 5) is 24.2. The number of carbonyl (C=O) groups excluding carboxylic acids is 1. The Kier molecular flexibility index (Phi) is 4.13. The Hall–Kier alpha value is -1.76. The first kappa shape index (κ1) is 15.6. The van der Waals surface area contributed by atoms with E-state index in [-0.39, 0.29) is 11.7 Å². The average Bonchev–Trinajstić information content (AvgIpc) is 2.61. The molecule has 21 heavy (non-hydrogen) atoms. The lowest BCUT2D eigenvalue weighted by molar-refractivity contribution is -0.141. The number of hydrogen-bond donors (Lipinski definition) is 1. The van der Waals surface area contributed by atoms with Crippen molar-refractivity contribution in [3.05, 3.63) is 35.6 Å². The summed E-state index contributed by atoms with van der Waals surface area (Å²) in [6, 6.07) is 5.80. The van der Waals surface area contributed by atoms with E-state index in [1.807, 2.05) is 13.8 Å². The van der Waals surface area contributed by atoms with Gasteiger partial charge in [0.1, 0.15) is 11.2 Å². The summed E-state index contributed by atoms with van der Waals surface area (Å²) in [5.41, 5.74) is 0.723. The van der Waals surface area contributed by atoms with Gasteiger partial charge in [0.25, 0.3) is 0 Å². The van der Waals surface area contributed by atoms with Crippen molar-refractivity contribution in [2.45, 2.75) is 37.1 Å². The molecule has 0 aromatic heterocycles. The highest BCUT2D eigenvalue weighted by molar-refractivity contribution is 8.01. The van der Waals surface area contributed by atoms with Crippen LogP contribution < -0.4 is 0 Å². The van der Waals surface area contributed by atoms with Crippen LogP contribution in [0.1, 0.15) is 31.7 Å². The molecule has 0 aliphatic carbocycles. The van der Waals surface area contributed by atoms with Crippen molar-refractivity contribution in [1.29, 1.82) is 0 Å². The molecule has 2 atom stereocenters. The van der Waals surface area contributed by atoms with E-state index in [2.05, 4.69) is 0 Å². The molecule has 0 unspecified atom stereocenters. The van der Waals surface area contributed by atoms with E-state index >= 15 is 0 Å². The molecule has 1 amide bonds. The average molecular weight is 313 g/mol. The van der Waals surface area contributed by atoms with Gasteiger partial charge in [-0.05, 0) is 31.5 Å². The predicted octanol–water partition coefficient (Wildman–Crippen LogP) is 3.22. The molecule has 0 spiro atoms. The fourth-order valence-electron chi connectivity index (χ4n) is 2.34. The van der Waals surface area contributed by atoms with Crippen LogP contribution in [0.3, 0.4) is 0 Å². The van der Waals surface area contributed by atoms with Crippen LogP contribution in [0.15, 0.2) is 24.3 Å². The van der Waals surface area contributed by atoms with E-state index in [1.54, 1.807) is 12.1 Å². The molecule has 1 aliphatic rings. The molecule has 0 saturated carbocycles. The largest absolute Gasteiger partial charge is 0.507 e. The summed E-state index contributed by atoms with van der Waals surface area (Å²) in [5.74, 6) is -0.664. The zero-order chi connectivity index (χ0) is 15.8. The van der Waals surface area contributed by atoms with Crippen molar-refractivity contribution < 1.29 is 23.8 Å². The molecule has 0 radical (unpaired) electrons. The fourth-order valence-corrected chi connectivity index (χ4v) is 3.86. The van der Waals surface area contributed by atoms with Gasteiger partial charge in [0.05, 0.1) is 4.75 Å². The predicted molar refractivity (Wildman–Crippen MR) is 76.2 cm³/mol. The Bertz CT molecular complexity index is 561. The van der Waals surface area contributed by atoms with Crippen LogP contribution in [-0.2, 0) is 9.53 Å². The quantitative estimate of drug-likeness (QED) is 0.849. The standard InChI is InChI=1S/C14H16FNO4S/c1-8(17)16-11(9-4-6-10(15)7-5-9)21-14(2,3)12(16)20-13(18)19/h4-7,11-12H,1-3H3,(H,18,19)/t11-,12-/m0/s1. The van der Waals surface area contributed by atoms with E-state index in [4.69, 9.17) is 9.84 Å². The van der Waals surface area contributed by atoms with Crippen molar-refractivity contribution in [3.8, 4) is 0 Å². The van der Waals surface area contributed by atoms with Crippen LogP contribution in [0.2, 0.25) is 0 Å². The molecule has 1 saturated heterocycles. The SMILES string of the molecule is CC(=O)N1[C@@H](OC(=O)O)C(C)(C)S[C@H]1c1ccc(F)cc1. The third kappa shape index (κ3) is 3.12. The Morgan fingerprint density at radius 2 is 1.90 bits per heavy atom. The first-order chi connectivity index (χ1) is 9.72. The smallest absolute Gasteiger partial charge is 0.450 e. The number of halogens is 1. The molecule has 114 valence electrons. The first-order valence-electron chi connectivity index (χ1n) is 6.34. The van der Waals surface area contributed by atoms with Gasteiger partial charge in [-0.15, -0.1) is 11.8 Å². The second kappa shape index (κ2) is 5.55. The number of nitrogens with zero attached hydrogens (tertiary/aromatic N) is 1. The molecular formula is C14H16FNO4S. The molecule has 5 nitrogen and oxygen atoms in total. The van der Waals surface area contributed by atoms with Gasteiger partial charge in [-0.25, -0.2) is 9.18 Å². The Labute approximate surface area is 126 Å². The molecule has 1 aromatic rings. The van der Waals surface area contributed by atoms with Crippen LogP contribution in [-0.4, -0.2) is 33.0 Å². The molecule has 1 heterocycles. The highest BCUT2D eigenvalue weighted by atomic mass is 32.2. The van der Waals surface area contributed by atoms with Gasteiger partial charge in [0, 0.05) is 6.92 Å². The molecular weight excluding hydrogens is 297 g/mol. The highest BCUT2D eigenvalue weighted by Gasteiger charge is 2.51. The first-order valence-corrected chi connectivity index (χ1v) is 7.22. The van der Waals surface area contributed by atoms with Crippen molar-refractivity contribution in [2.75, 3.05) is 0 Å². The molecule has 1 N–H and O–H groups in total. The summed E-state index contributed by atoms with van der Waals surface area (Å²) in [5, 5.41) is 8.47. The van der Waals surface area contributed by atoms with Crippen LogP contribution in [0.25, 0.3) is 0 Å². The number of thioether (sulfide) groups is 1. The van der Waals surface area contributed by atoms with Crippen molar-refractivity contribution in [2.24, 2.45) is 0 Å². The molecule has 7 heteroatoms. The molecule has 1 aliphatic heterocycles. The van der Waals surface area contributed by atoms with E-state index in [0.717, 1.165) is 5.56 Å². The minimum absolute atomic E-state index is 0.298. The fraction of sp³-hybridized carbons (Fsp3) is 0.429. The zero-order valence-corrected chi connectivity index (χ0v) is 12.7. The van der Waals surface area contributed by atoms with Crippen LogP contribution in [0, 0.1) is 5.82 Å². The van der Waals surface area contributed by atoms with Gasteiger partial charge in [0.15, 0.2) is 6.23 Å². The lowest BCUT2D eigenvalue weighted by atomic mass is 10.1. The lowest BCUT2D eigenvalue weighted by Crippen LogP contribution is -2.46. The summed E-state index contributed by atoms with van der Waals surface area (Å²) in [6.07, 6.45) is -2.33. The second-order valence-electron chi connectivity index (χ2n) is 5.29. The minimum Gasteiger partial charge on any atom is -0.450 e. The van der Waals surface area contributed by atoms with Crippen LogP contribution in [0.4, 0.5) is 9.18 Å². The van der Waals surface area contributed by atoms with Gasteiger partial charge in [-0.3, -0.25) is 9.69 Å². The number of ether oxygens (including phenoxy) is 1. The van der Waals surface area contributed by atoms with E-state index in [9.17, 15) is 14.0 Å². The summed E-state index contributed by atoms with van der Waals surface area (Å²) >= 11 is 1.41. The second-order valence-corrected chi connectivity index (χ2v) is 7.02. The maximum atomic E-state index is 13.0. The van der Waals surface area contributed by atoms with Crippen LogP contribution in [0.5, 0.6) is 0 Å². The third-order valence-electron chi connectivity index (χ3n) is 3.25. The van der Waals surface area contributed by atoms with Crippen molar-refractivity contribution in [3.63, 3.8) is 0 Å². The normalized spacial score (nSPS) is 23.9. The number of rotatable bonds is 2. The molecule has 1 fully saturated rings. The third-order valence-corrected chi connectivity index (χ3v) is 4.78. The van der Waals surface area contributed by atoms with Gasteiger partial charge in [-0.1, -0.05) is 12.1 Å². The highest BCUT2D eigenvalue weighted by Crippen LogP contribution is 2.52. The maximum Gasteiger partial charge on any atom is 0.507 e. The van der Waals surface area contributed by atoms with Gasteiger partial charge in [0.2, 0.25) is 5.91 Å². The molecule has 1 aromatic carbocycles. The maximum absolute atomic E-state index is 13.0. The Balaban J connectivity index is 2.39. The summed E-state index contributed by atoms with van der Waals surface area (Å²) in [6.45, 7) is 4.98. The van der Waals surface area contributed by atoms with E-state index in [1.165, 1.54) is 35.7 Å². The van der Waals surface area contributed by atoms with Crippen molar-refractivity contribution in [1.82, 2.24) is 4.90 Å². The topological polar surface area (TPSA) is 66.8 Å². The van der Waals surface area contributed by atoms with Gasteiger partial charge < -0.3 is 9.84 Å². The summed E-state index contributed by atoms with van der Waals surface area (Å²) in [7, 11) is 0. The Morgan fingerprint density at radius 3 is 2.38 bits per heavy atom. The zero-order valence-electron chi connectivity index (χ0n) is 11.9. The number of hydrogen-bond acceptors (Lipinski definition) is 4. The number of amides is 1. The Morgan fingerprint density at radius 1 is 1.33 bits per heavy atom. The van der Waals surface area contributed by atoms with Gasteiger partial charge >= 0.3 is 6.16 Å². The van der Waals surface area contributed by atoms with E-state index < -0.39 is 22.5 Å². The van der Waals surface area contributed by atoms with Crippen LogP contribution >= 0.6 is 11.8 Å². The minimum atomic E-state index is -1.43. The van der Waals surface area contributed by atoms with Gasteiger partial charge in [-0.2, -0.15) is 0 Å². The van der Waals surface area contributed by atoms with E-state index in [0.29, 0.717) is 0 Å². The molecule has 2 rings (SSSR count). The summed E-state index contributed by atoms with van der Waals surface area (Å²) < 4.78 is 17.3. The van der Waals surface area contributed by atoms with Crippen molar-refractivity contribution >= 4 is 23.8 Å². The lowest BCUT2D eigenvalue weighted by Gasteiger charge is -2.30.